The first-order chi connectivity index (χ1) is 10.1. The molecule has 1 fully saturated rings. The second kappa shape index (κ2) is 5.98. The van der Waals surface area contributed by atoms with Gasteiger partial charge in [-0.3, -0.25) is 9.59 Å². The highest BCUT2D eigenvalue weighted by atomic mass is 16.1. The number of Topliss-reactive ketones (excluding diaryl/α,β-unsaturated/α-hetero) is 1. The molecule has 0 saturated heterocycles. The molecular formula is C17H22N2O2. The van der Waals surface area contributed by atoms with Crippen molar-refractivity contribution >= 4 is 11.7 Å². The van der Waals surface area contributed by atoms with Gasteiger partial charge in [-0.15, -0.1) is 0 Å². The smallest absolute Gasteiger partial charge is 0.224 e. The van der Waals surface area contributed by atoms with Crippen LogP contribution in [0.25, 0.3) is 0 Å². The third-order valence-electron chi connectivity index (χ3n) is 4.55. The Bertz CT molecular complexity index is 560. The molecule has 4 nitrogen and oxygen atoms in total. The van der Waals surface area contributed by atoms with Gasteiger partial charge in [0.2, 0.25) is 5.91 Å². The van der Waals surface area contributed by atoms with Gasteiger partial charge in [0.1, 0.15) is 5.78 Å². The third kappa shape index (κ3) is 3.50. The Balaban J connectivity index is 1.56. The van der Waals surface area contributed by atoms with Gasteiger partial charge < -0.3 is 11.1 Å². The van der Waals surface area contributed by atoms with Gasteiger partial charge in [-0.05, 0) is 42.4 Å². The van der Waals surface area contributed by atoms with Crippen molar-refractivity contribution in [2.75, 3.05) is 0 Å². The lowest BCUT2D eigenvalue weighted by Gasteiger charge is -2.26. The lowest BCUT2D eigenvalue weighted by atomic mass is 9.91. The molecule has 1 amide bonds. The zero-order valence-electron chi connectivity index (χ0n) is 12.2. The summed E-state index contributed by atoms with van der Waals surface area (Å²) in [6.07, 6.45) is 5.40. The number of rotatable bonds is 3. The third-order valence-corrected chi connectivity index (χ3v) is 4.55. The van der Waals surface area contributed by atoms with Crippen molar-refractivity contribution in [1.82, 2.24) is 5.32 Å². The van der Waals surface area contributed by atoms with Crippen LogP contribution < -0.4 is 11.1 Å². The molecule has 1 aromatic rings. The summed E-state index contributed by atoms with van der Waals surface area (Å²) < 4.78 is 0. The molecule has 0 bridgehead atoms. The van der Waals surface area contributed by atoms with E-state index >= 15 is 0 Å². The highest BCUT2D eigenvalue weighted by Crippen LogP contribution is 2.21. The van der Waals surface area contributed by atoms with Gasteiger partial charge in [-0.25, -0.2) is 0 Å². The normalized spacial score (nSPS) is 24.7. The largest absolute Gasteiger partial charge is 0.353 e. The van der Waals surface area contributed by atoms with Crippen molar-refractivity contribution in [3.8, 4) is 0 Å². The number of carbonyl (C=O) groups is 2. The van der Waals surface area contributed by atoms with Crippen LogP contribution in [-0.4, -0.2) is 23.8 Å². The van der Waals surface area contributed by atoms with Crippen molar-refractivity contribution in [2.45, 2.75) is 57.0 Å². The molecule has 21 heavy (non-hydrogen) atoms. The number of amides is 1. The standard InChI is InChI=1S/C17H22N2O2/c18-14-3-5-15(6-4-14)19-17(21)8-11-1-2-12-9-16(20)10-13(12)7-11/h1-2,7,14-15H,3-6,8-10,18H2,(H,19,21). The van der Waals surface area contributed by atoms with Crippen molar-refractivity contribution in [3.63, 3.8) is 0 Å². The molecule has 2 aliphatic rings. The Morgan fingerprint density at radius 3 is 2.62 bits per heavy atom. The Morgan fingerprint density at radius 1 is 1.14 bits per heavy atom. The number of nitrogens with one attached hydrogen (secondary N) is 1. The van der Waals surface area contributed by atoms with E-state index in [1.165, 1.54) is 0 Å². The van der Waals surface area contributed by atoms with Crippen LogP contribution in [0.15, 0.2) is 18.2 Å². The van der Waals surface area contributed by atoms with Crippen LogP contribution in [0, 0.1) is 0 Å². The zero-order valence-corrected chi connectivity index (χ0v) is 12.2. The van der Waals surface area contributed by atoms with Crippen LogP contribution in [0.2, 0.25) is 0 Å². The molecule has 1 saturated carbocycles. The first-order valence-corrected chi connectivity index (χ1v) is 7.77. The zero-order chi connectivity index (χ0) is 14.8. The highest BCUT2D eigenvalue weighted by molar-refractivity contribution is 5.88. The molecule has 3 N–H and O–H groups in total. The molecule has 0 heterocycles. The van der Waals surface area contributed by atoms with Crippen molar-refractivity contribution < 1.29 is 9.59 Å². The Labute approximate surface area is 125 Å². The van der Waals surface area contributed by atoms with Gasteiger partial charge >= 0.3 is 0 Å². The summed E-state index contributed by atoms with van der Waals surface area (Å²) in [5, 5.41) is 3.10. The topological polar surface area (TPSA) is 72.2 Å². The minimum absolute atomic E-state index is 0.0692. The van der Waals surface area contributed by atoms with Crippen LogP contribution >= 0.6 is 0 Å². The van der Waals surface area contributed by atoms with Gasteiger partial charge in [0.25, 0.3) is 0 Å². The van der Waals surface area contributed by atoms with Gasteiger partial charge in [0.05, 0.1) is 6.42 Å². The van der Waals surface area contributed by atoms with Gasteiger partial charge in [0.15, 0.2) is 0 Å². The Hall–Kier alpha value is -1.68. The first kappa shape index (κ1) is 14.3. The summed E-state index contributed by atoms with van der Waals surface area (Å²) in [4.78, 5) is 23.6. The SMILES string of the molecule is NC1CCC(NC(=O)Cc2ccc3c(c2)CC(=O)C3)CC1. The van der Waals surface area contributed by atoms with E-state index in [0.717, 1.165) is 42.4 Å². The van der Waals surface area contributed by atoms with Crippen LogP contribution in [0.5, 0.6) is 0 Å². The Morgan fingerprint density at radius 2 is 1.86 bits per heavy atom. The fourth-order valence-corrected chi connectivity index (χ4v) is 3.34. The molecular weight excluding hydrogens is 264 g/mol. The molecule has 0 unspecified atom stereocenters. The fraction of sp³-hybridized carbons (Fsp3) is 0.529. The summed E-state index contributed by atoms with van der Waals surface area (Å²) >= 11 is 0. The maximum absolute atomic E-state index is 12.1. The first-order valence-electron chi connectivity index (χ1n) is 7.77. The number of benzene rings is 1. The lowest BCUT2D eigenvalue weighted by Crippen LogP contribution is -2.41. The van der Waals surface area contributed by atoms with E-state index in [1.54, 1.807) is 0 Å². The number of ketones is 1. The molecule has 2 aliphatic carbocycles. The molecule has 1 aromatic carbocycles. The number of hydrogen-bond acceptors (Lipinski definition) is 3. The predicted molar refractivity (Wildman–Crippen MR) is 80.9 cm³/mol. The molecule has 0 aliphatic heterocycles. The van der Waals surface area contributed by atoms with Crippen LogP contribution in [0.1, 0.15) is 42.4 Å². The molecule has 3 rings (SSSR count). The second-order valence-electron chi connectivity index (χ2n) is 6.35. The summed E-state index contributed by atoms with van der Waals surface area (Å²) in [5.41, 5.74) is 9.08. The minimum Gasteiger partial charge on any atom is -0.353 e. The van der Waals surface area contributed by atoms with Crippen molar-refractivity contribution in [2.24, 2.45) is 5.73 Å². The van der Waals surface area contributed by atoms with Gasteiger partial charge in [-0.1, -0.05) is 18.2 Å². The average Bonchev–Trinajstić information content (AvgIpc) is 2.80. The molecule has 0 spiro atoms. The summed E-state index contributed by atoms with van der Waals surface area (Å²) in [6, 6.07) is 6.54. The van der Waals surface area contributed by atoms with E-state index in [0.29, 0.717) is 25.3 Å². The summed E-state index contributed by atoms with van der Waals surface area (Å²) in [7, 11) is 0. The molecule has 0 atom stereocenters. The molecule has 112 valence electrons. The number of nitrogens with two attached hydrogens (primary N) is 1. The molecule has 4 heteroatoms. The fourth-order valence-electron chi connectivity index (χ4n) is 3.34. The van der Waals surface area contributed by atoms with E-state index in [-0.39, 0.29) is 17.7 Å². The van der Waals surface area contributed by atoms with Gasteiger partial charge in [-0.2, -0.15) is 0 Å². The van der Waals surface area contributed by atoms with Crippen LogP contribution in [0.4, 0.5) is 0 Å². The predicted octanol–water partition coefficient (Wildman–Crippen LogP) is 1.28. The van der Waals surface area contributed by atoms with Crippen LogP contribution in [0.3, 0.4) is 0 Å². The summed E-state index contributed by atoms with van der Waals surface area (Å²) in [5.74, 6) is 0.338. The maximum Gasteiger partial charge on any atom is 0.224 e. The van der Waals surface area contributed by atoms with E-state index in [4.69, 9.17) is 5.73 Å². The summed E-state index contributed by atoms with van der Waals surface area (Å²) in [6.45, 7) is 0. The van der Waals surface area contributed by atoms with Crippen molar-refractivity contribution in [3.05, 3.63) is 34.9 Å². The van der Waals surface area contributed by atoms with E-state index in [2.05, 4.69) is 5.32 Å². The van der Waals surface area contributed by atoms with E-state index in [1.807, 2.05) is 18.2 Å². The number of hydrogen-bond donors (Lipinski definition) is 2. The van der Waals surface area contributed by atoms with Gasteiger partial charge in [0, 0.05) is 24.9 Å². The van der Waals surface area contributed by atoms with E-state index in [9.17, 15) is 9.59 Å². The minimum atomic E-state index is 0.0692. The number of carbonyl (C=O) groups excluding carboxylic acids is 2. The monoisotopic (exact) mass is 286 g/mol. The highest BCUT2D eigenvalue weighted by Gasteiger charge is 2.21. The average molecular weight is 286 g/mol. The number of fused-ring (bicyclic) bond motifs is 1. The molecule has 0 radical (unpaired) electrons. The maximum atomic E-state index is 12.1. The van der Waals surface area contributed by atoms with Crippen LogP contribution in [-0.2, 0) is 28.9 Å². The van der Waals surface area contributed by atoms with E-state index < -0.39 is 0 Å². The van der Waals surface area contributed by atoms with Crippen molar-refractivity contribution in [1.29, 1.82) is 0 Å². The quantitative estimate of drug-likeness (QED) is 0.879. The lowest BCUT2D eigenvalue weighted by molar-refractivity contribution is -0.121. The Kier molecular flexibility index (Phi) is 4.06. The second-order valence-corrected chi connectivity index (χ2v) is 6.35. The molecule has 0 aromatic heterocycles.